The van der Waals surface area contributed by atoms with E-state index in [1.807, 2.05) is 42.5 Å². The molecule has 0 bridgehead atoms. The molecule has 0 unspecified atom stereocenters. The number of fused-ring (bicyclic) bond motifs is 1. The van der Waals surface area contributed by atoms with Gasteiger partial charge >= 0.3 is 10.2 Å². The summed E-state index contributed by atoms with van der Waals surface area (Å²) in [7, 11) is -1.92. The first-order chi connectivity index (χ1) is 15.8. The van der Waals surface area contributed by atoms with Gasteiger partial charge in [0.2, 0.25) is 0 Å². The van der Waals surface area contributed by atoms with Crippen molar-refractivity contribution < 1.29 is 13.2 Å². The summed E-state index contributed by atoms with van der Waals surface area (Å²) in [6.45, 7) is 0.914. The number of nitrogens with zero attached hydrogens (tertiary/aromatic N) is 2. The lowest BCUT2D eigenvalue weighted by molar-refractivity contribution is 0.0951. The van der Waals surface area contributed by atoms with E-state index in [-0.39, 0.29) is 5.91 Å². The van der Waals surface area contributed by atoms with Crippen LogP contribution in [0, 0.1) is 5.92 Å². The molecule has 1 aliphatic carbocycles. The van der Waals surface area contributed by atoms with Crippen molar-refractivity contribution in [3.63, 3.8) is 0 Å². The number of hydrogen-bond acceptors (Lipinski definition) is 4. The molecule has 33 heavy (non-hydrogen) atoms. The highest BCUT2D eigenvalue weighted by Gasteiger charge is 2.40. The zero-order chi connectivity index (χ0) is 23.2. The molecular formula is C25H26N4O3S. The minimum Gasteiger partial charge on any atom is -0.399 e. The second-order valence-corrected chi connectivity index (χ2v) is 10.5. The number of carbonyl (C=O) groups excluding carboxylic acids is 1. The smallest absolute Gasteiger partial charge is 0.326 e. The molecule has 7 nitrogen and oxygen atoms in total. The van der Waals surface area contributed by atoms with Crippen molar-refractivity contribution in [2.75, 3.05) is 27.9 Å². The Morgan fingerprint density at radius 1 is 1.00 bits per heavy atom. The number of amides is 1. The van der Waals surface area contributed by atoms with Gasteiger partial charge in [0.25, 0.3) is 5.91 Å². The Morgan fingerprint density at radius 3 is 2.52 bits per heavy atom. The average Bonchev–Trinajstić information content (AvgIpc) is 3.62. The summed E-state index contributed by atoms with van der Waals surface area (Å²) in [6, 6.07) is 20.5. The fourth-order valence-corrected chi connectivity index (χ4v) is 5.61. The summed E-state index contributed by atoms with van der Waals surface area (Å²) < 4.78 is 28.7. The molecule has 3 aromatic rings. The molecular weight excluding hydrogens is 436 g/mol. The Bertz CT molecular complexity index is 1330. The molecule has 0 aromatic heterocycles. The van der Waals surface area contributed by atoms with Gasteiger partial charge in [-0.3, -0.25) is 13.4 Å². The number of rotatable bonds is 6. The van der Waals surface area contributed by atoms with E-state index in [0.29, 0.717) is 35.9 Å². The number of nitrogen functional groups attached to an aromatic ring is 1. The van der Waals surface area contributed by atoms with Gasteiger partial charge in [0.05, 0.1) is 11.4 Å². The van der Waals surface area contributed by atoms with E-state index in [9.17, 15) is 13.2 Å². The lowest BCUT2D eigenvalue weighted by Gasteiger charge is -2.18. The second-order valence-electron chi connectivity index (χ2n) is 8.66. The Morgan fingerprint density at radius 2 is 1.76 bits per heavy atom. The monoisotopic (exact) mass is 462 g/mol. The second kappa shape index (κ2) is 8.12. The maximum atomic E-state index is 12.9. The summed E-state index contributed by atoms with van der Waals surface area (Å²) in [5.41, 5.74) is 11.1. The molecule has 1 amide bonds. The Kier molecular flexibility index (Phi) is 5.25. The van der Waals surface area contributed by atoms with Crippen LogP contribution in [0.25, 0.3) is 11.1 Å². The molecule has 170 valence electrons. The first-order valence-corrected chi connectivity index (χ1v) is 12.4. The lowest BCUT2D eigenvalue weighted by atomic mass is 10.0. The lowest BCUT2D eigenvalue weighted by Crippen LogP contribution is -2.36. The van der Waals surface area contributed by atoms with Gasteiger partial charge in [-0.15, -0.1) is 0 Å². The summed E-state index contributed by atoms with van der Waals surface area (Å²) in [5, 5.41) is 2.92. The van der Waals surface area contributed by atoms with E-state index in [0.717, 1.165) is 35.2 Å². The highest BCUT2D eigenvalue weighted by molar-refractivity contribution is 7.94. The minimum atomic E-state index is -3.52. The van der Waals surface area contributed by atoms with Crippen LogP contribution in [0.15, 0.2) is 66.7 Å². The maximum Gasteiger partial charge on any atom is 0.326 e. The number of nitrogens with one attached hydrogen (secondary N) is 1. The van der Waals surface area contributed by atoms with Gasteiger partial charge in [0, 0.05) is 31.4 Å². The minimum absolute atomic E-state index is 0.187. The van der Waals surface area contributed by atoms with Crippen LogP contribution in [-0.2, 0) is 16.8 Å². The zero-order valence-electron chi connectivity index (χ0n) is 18.4. The van der Waals surface area contributed by atoms with Crippen molar-refractivity contribution in [1.29, 1.82) is 0 Å². The van der Waals surface area contributed by atoms with Crippen molar-refractivity contribution in [2.45, 2.75) is 19.4 Å². The SMILES string of the molecule is CN1c2cc(-c3cccc(CNC(=O)c4cccc(N)c4)c3)ccc2N(CC2CC2)S1(=O)=O. The molecule has 1 fully saturated rings. The molecule has 2 aliphatic rings. The van der Waals surface area contributed by atoms with Crippen LogP contribution in [0.1, 0.15) is 28.8 Å². The number of carbonyl (C=O) groups is 1. The number of benzene rings is 3. The molecule has 3 N–H and O–H groups in total. The highest BCUT2D eigenvalue weighted by Crippen LogP contribution is 2.44. The normalized spacial score (nSPS) is 16.5. The van der Waals surface area contributed by atoms with E-state index >= 15 is 0 Å². The van der Waals surface area contributed by atoms with Crippen LogP contribution in [0.5, 0.6) is 0 Å². The van der Waals surface area contributed by atoms with E-state index in [4.69, 9.17) is 5.73 Å². The quantitative estimate of drug-likeness (QED) is 0.545. The van der Waals surface area contributed by atoms with Gasteiger partial charge in [-0.05, 0) is 71.8 Å². The molecule has 0 spiro atoms. The predicted molar refractivity (Wildman–Crippen MR) is 131 cm³/mol. The van der Waals surface area contributed by atoms with Crippen LogP contribution in [0.3, 0.4) is 0 Å². The van der Waals surface area contributed by atoms with Crippen molar-refractivity contribution >= 4 is 33.2 Å². The Labute approximate surface area is 194 Å². The molecule has 1 aliphatic heterocycles. The average molecular weight is 463 g/mol. The molecule has 0 radical (unpaired) electrons. The summed E-state index contributed by atoms with van der Waals surface area (Å²) in [4.78, 5) is 12.4. The molecule has 0 saturated heterocycles. The van der Waals surface area contributed by atoms with Crippen LogP contribution >= 0.6 is 0 Å². The fourth-order valence-electron chi connectivity index (χ4n) is 4.12. The number of hydrogen-bond donors (Lipinski definition) is 2. The van der Waals surface area contributed by atoms with Gasteiger partial charge in [-0.1, -0.05) is 30.3 Å². The molecule has 1 saturated carbocycles. The molecule has 8 heteroatoms. The molecule has 1 heterocycles. The summed E-state index contributed by atoms with van der Waals surface area (Å²) in [6.07, 6.45) is 2.17. The molecule has 3 aromatic carbocycles. The van der Waals surface area contributed by atoms with Gasteiger partial charge in [-0.25, -0.2) is 0 Å². The third kappa shape index (κ3) is 4.14. The first-order valence-electron chi connectivity index (χ1n) is 11.0. The third-order valence-electron chi connectivity index (χ3n) is 6.19. The van der Waals surface area contributed by atoms with Gasteiger partial charge in [0.15, 0.2) is 0 Å². The van der Waals surface area contributed by atoms with E-state index in [1.54, 1.807) is 31.3 Å². The summed E-state index contributed by atoms with van der Waals surface area (Å²) in [5.74, 6) is 0.269. The predicted octanol–water partition coefficient (Wildman–Crippen LogP) is 3.78. The fraction of sp³-hybridized carbons (Fsp3) is 0.240. The highest BCUT2D eigenvalue weighted by atomic mass is 32.2. The van der Waals surface area contributed by atoms with Crippen molar-refractivity contribution in [1.82, 2.24) is 5.32 Å². The van der Waals surface area contributed by atoms with E-state index in [2.05, 4.69) is 5.32 Å². The van der Waals surface area contributed by atoms with E-state index < -0.39 is 10.2 Å². The van der Waals surface area contributed by atoms with Crippen molar-refractivity contribution in [2.24, 2.45) is 5.92 Å². The first kappa shape index (κ1) is 21.3. The topological polar surface area (TPSA) is 95.7 Å². The molecule has 0 atom stereocenters. The van der Waals surface area contributed by atoms with Crippen LogP contribution in [0.2, 0.25) is 0 Å². The number of anilines is 3. The third-order valence-corrected chi connectivity index (χ3v) is 7.98. The van der Waals surface area contributed by atoms with Crippen molar-refractivity contribution in [3.8, 4) is 11.1 Å². The largest absolute Gasteiger partial charge is 0.399 e. The van der Waals surface area contributed by atoms with Crippen LogP contribution in [-0.4, -0.2) is 27.9 Å². The van der Waals surface area contributed by atoms with Gasteiger partial charge in [-0.2, -0.15) is 8.42 Å². The standard InChI is InChI=1S/C25H26N4O3S/c1-28-24-14-20(10-11-23(24)29(33(28,31)32)16-17-8-9-17)19-5-2-4-18(12-19)15-27-25(30)21-6-3-7-22(26)13-21/h2-7,10-14,17H,8-9,15-16,26H2,1H3,(H,27,30). The summed E-state index contributed by atoms with van der Waals surface area (Å²) >= 11 is 0. The zero-order valence-corrected chi connectivity index (χ0v) is 19.2. The molecule has 5 rings (SSSR count). The van der Waals surface area contributed by atoms with Crippen LogP contribution in [0.4, 0.5) is 17.1 Å². The van der Waals surface area contributed by atoms with Gasteiger partial charge < -0.3 is 11.1 Å². The Balaban J connectivity index is 1.36. The maximum absolute atomic E-state index is 12.9. The Hall–Kier alpha value is -3.52. The van der Waals surface area contributed by atoms with Gasteiger partial charge in [0.1, 0.15) is 0 Å². The number of nitrogens with two attached hydrogens (primary N) is 1. The van der Waals surface area contributed by atoms with Crippen LogP contribution < -0.4 is 19.7 Å². The van der Waals surface area contributed by atoms with E-state index in [1.165, 1.54) is 8.61 Å². The van der Waals surface area contributed by atoms with Crippen molar-refractivity contribution in [3.05, 3.63) is 77.9 Å².